The molecule has 0 aliphatic rings. The molecule has 4 heteroatoms. The normalized spacial score (nSPS) is 10.2. The summed E-state index contributed by atoms with van der Waals surface area (Å²) in [5.41, 5.74) is 2.22. The smallest absolute Gasteiger partial charge is 0.219 e. The molecule has 0 aliphatic heterocycles. The Balaban J connectivity index is 2.59. The van der Waals surface area contributed by atoms with E-state index in [1.807, 2.05) is 24.7 Å². The maximum Gasteiger partial charge on any atom is 0.219 e. The van der Waals surface area contributed by atoms with Crippen molar-refractivity contribution in [1.82, 2.24) is 15.1 Å². The highest BCUT2D eigenvalue weighted by Crippen LogP contribution is 2.06. The van der Waals surface area contributed by atoms with Crippen molar-refractivity contribution in [1.29, 1.82) is 0 Å². The number of hydrogen-bond donors (Lipinski definition) is 1. The van der Waals surface area contributed by atoms with Gasteiger partial charge in [0.25, 0.3) is 0 Å². The Morgan fingerprint density at radius 2 is 2.29 bits per heavy atom. The number of amides is 1. The van der Waals surface area contributed by atoms with Crippen LogP contribution in [0.15, 0.2) is 6.20 Å². The Hall–Kier alpha value is -1.32. The summed E-state index contributed by atoms with van der Waals surface area (Å²) in [5.74, 6) is 0.0775. The monoisotopic (exact) mass is 195 g/mol. The van der Waals surface area contributed by atoms with Gasteiger partial charge in [-0.3, -0.25) is 9.48 Å². The van der Waals surface area contributed by atoms with Gasteiger partial charge in [0, 0.05) is 30.8 Å². The van der Waals surface area contributed by atoms with E-state index in [1.165, 1.54) is 0 Å². The van der Waals surface area contributed by atoms with Crippen LogP contribution in [0.5, 0.6) is 0 Å². The van der Waals surface area contributed by atoms with Crippen molar-refractivity contribution in [3.8, 4) is 0 Å². The molecule has 14 heavy (non-hydrogen) atoms. The second-order valence-electron chi connectivity index (χ2n) is 3.20. The third kappa shape index (κ3) is 2.34. The van der Waals surface area contributed by atoms with Gasteiger partial charge in [-0.1, -0.05) is 6.92 Å². The highest BCUT2D eigenvalue weighted by Gasteiger charge is 2.05. The Bertz CT molecular complexity index is 317. The molecule has 1 rings (SSSR count). The summed E-state index contributed by atoms with van der Waals surface area (Å²) >= 11 is 0. The van der Waals surface area contributed by atoms with E-state index in [9.17, 15) is 4.79 Å². The van der Waals surface area contributed by atoms with Crippen LogP contribution in [-0.4, -0.2) is 15.7 Å². The fourth-order valence-corrected chi connectivity index (χ4v) is 1.30. The van der Waals surface area contributed by atoms with Gasteiger partial charge in [-0.2, -0.15) is 5.10 Å². The van der Waals surface area contributed by atoms with Crippen LogP contribution >= 0.6 is 0 Å². The van der Waals surface area contributed by atoms with E-state index in [4.69, 9.17) is 0 Å². The Labute approximate surface area is 84.3 Å². The van der Waals surface area contributed by atoms with Crippen LogP contribution in [-0.2, 0) is 17.9 Å². The molecule has 78 valence electrons. The van der Waals surface area contributed by atoms with Crippen molar-refractivity contribution in [2.45, 2.75) is 40.3 Å². The lowest BCUT2D eigenvalue weighted by atomic mass is 10.2. The molecule has 0 spiro atoms. The summed E-state index contributed by atoms with van der Waals surface area (Å²) in [6.45, 7) is 7.36. The SMILES string of the molecule is CCC(=O)NCc1cnn(CC)c1C. The zero-order chi connectivity index (χ0) is 10.6. The van der Waals surface area contributed by atoms with E-state index in [0.717, 1.165) is 17.8 Å². The third-order valence-corrected chi connectivity index (χ3v) is 2.30. The van der Waals surface area contributed by atoms with Crippen LogP contribution in [0.4, 0.5) is 0 Å². The molecule has 1 N–H and O–H groups in total. The maximum atomic E-state index is 11.0. The number of nitrogens with zero attached hydrogens (tertiary/aromatic N) is 2. The van der Waals surface area contributed by atoms with Crippen molar-refractivity contribution in [3.63, 3.8) is 0 Å². The van der Waals surface area contributed by atoms with Gasteiger partial charge in [-0.05, 0) is 13.8 Å². The average molecular weight is 195 g/mol. The molecular formula is C10H17N3O. The molecule has 1 aromatic heterocycles. The first-order valence-electron chi connectivity index (χ1n) is 4.97. The molecule has 0 saturated heterocycles. The van der Waals surface area contributed by atoms with Crippen molar-refractivity contribution < 1.29 is 4.79 Å². The standard InChI is InChI=1S/C10H17N3O/c1-4-10(14)11-6-9-7-12-13(5-2)8(9)3/h7H,4-6H2,1-3H3,(H,11,14). The zero-order valence-corrected chi connectivity index (χ0v) is 9.00. The first-order chi connectivity index (χ1) is 6.69. The molecular weight excluding hydrogens is 178 g/mol. The molecule has 0 fully saturated rings. The van der Waals surface area contributed by atoms with Crippen LogP contribution in [0.3, 0.4) is 0 Å². The molecule has 0 unspecified atom stereocenters. The van der Waals surface area contributed by atoms with Crippen LogP contribution in [0.1, 0.15) is 31.5 Å². The van der Waals surface area contributed by atoms with Crippen molar-refractivity contribution in [2.24, 2.45) is 0 Å². The number of hydrogen-bond acceptors (Lipinski definition) is 2. The summed E-state index contributed by atoms with van der Waals surface area (Å²) in [7, 11) is 0. The first-order valence-corrected chi connectivity index (χ1v) is 4.97. The van der Waals surface area contributed by atoms with Gasteiger partial charge in [-0.15, -0.1) is 0 Å². The zero-order valence-electron chi connectivity index (χ0n) is 9.00. The minimum absolute atomic E-state index is 0.0775. The highest BCUT2D eigenvalue weighted by molar-refractivity contribution is 5.75. The van der Waals surface area contributed by atoms with Crippen molar-refractivity contribution >= 4 is 5.91 Å². The number of aromatic nitrogens is 2. The van der Waals surface area contributed by atoms with Crippen molar-refractivity contribution in [3.05, 3.63) is 17.5 Å². The highest BCUT2D eigenvalue weighted by atomic mass is 16.1. The van der Waals surface area contributed by atoms with E-state index in [0.29, 0.717) is 13.0 Å². The largest absolute Gasteiger partial charge is 0.352 e. The summed E-state index contributed by atoms with van der Waals surface area (Å²) in [5, 5.41) is 7.04. The Morgan fingerprint density at radius 1 is 1.57 bits per heavy atom. The van der Waals surface area contributed by atoms with Crippen molar-refractivity contribution in [2.75, 3.05) is 0 Å². The lowest BCUT2D eigenvalue weighted by Crippen LogP contribution is -2.21. The topological polar surface area (TPSA) is 46.9 Å². The molecule has 0 aliphatic carbocycles. The molecule has 1 amide bonds. The Morgan fingerprint density at radius 3 is 2.79 bits per heavy atom. The lowest BCUT2D eigenvalue weighted by molar-refractivity contribution is -0.120. The minimum Gasteiger partial charge on any atom is -0.352 e. The van der Waals surface area contributed by atoms with Gasteiger partial charge in [0.2, 0.25) is 5.91 Å². The third-order valence-electron chi connectivity index (χ3n) is 2.30. The van der Waals surface area contributed by atoms with Gasteiger partial charge < -0.3 is 5.32 Å². The van der Waals surface area contributed by atoms with Crippen LogP contribution in [0.25, 0.3) is 0 Å². The fraction of sp³-hybridized carbons (Fsp3) is 0.600. The van der Waals surface area contributed by atoms with E-state index < -0.39 is 0 Å². The number of rotatable bonds is 4. The van der Waals surface area contributed by atoms with Crippen LogP contribution in [0.2, 0.25) is 0 Å². The van der Waals surface area contributed by atoms with E-state index >= 15 is 0 Å². The first kappa shape index (κ1) is 10.8. The number of carbonyl (C=O) groups is 1. The minimum atomic E-state index is 0.0775. The molecule has 0 saturated carbocycles. The molecule has 4 nitrogen and oxygen atoms in total. The fourth-order valence-electron chi connectivity index (χ4n) is 1.30. The van der Waals surface area contributed by atoms with E-state index in [2.05, 4.69) is 17.3 Å². The van der Waals surface area contributed by atoms with Gasteiger partial charge in [0.05, 0.1) is 6.20 Å². The summed E-state index contributed by atoms with van der Waals surface area (Å²) in [6, 6.07) is 0. The molecule has 0 bridgehead atoms. The number of nitrogens with one attached hydrogen (secondary N) is 1. The van der Waals surface area contributed by atoms with Gasteiger partial charge >= 0.3 is 0 Å². The quantitative estimate of drug-likeness (QED) is 0.785. The molecule has 0 atom stereocenters. The average Bonchev–Trinajstić information content (AvgIpc) is 2.56. The van der Waals surface area contributed by atoms with E-state index in [-0.39, 0.29) is 5.91 Å². The molecule has 0 radical (unpaired) electrons. The molecule has 1 heterocycles. The predicted octanol–water partition coefficient (Wildman–Crippen LogP) is 1.24. The maximum absolute atomic E-state index is 11.0. The Kier molecular flexibility index (Phi) is 3.68. The summed E-state index contributed by atoms with van der Waals surface area (Å²) in [6.07, 6.45) is 2.34. The molecule has 1 aromatic rings. The molecule has 0 aromatic carbocycles. The number of carbonyl (C=O) groups excluding carboxylic acids is 1. The second kappa shape index (κ2) is 4.79. The van der Waals surface area contributed by atoms with Gasteiger partial charge in [0.1, 0.15) is 0 Å². The van der Waals surface area contributed by atoms with Crippen LogP contribution in [0, 0.1) is 6.92 Å². The summed E-state index contributed by atoms with van der Waals surface area (Å²) < 4.78 is 1.92. The van der Waals surface area contributed by atoms with Gasteiger partial charge in [-0.25, -0.2) is 0 Å². The number of aryl methyl sites for hydroxylation is 1. The summed E-state index contributed by atoms with van der Waals surface area (Å²) in [4.78, 5) is 11.0. The predicted molar refractivity (Wildman–Crippen MR) is 54.8 cm³/mol. The van der Waals surface area contributed by atoms with Crippen LogP contribution < -0.4 is 5.32 Å². The van der Waals surface area contributed by atoms with E-state index in [1.54, 1.807) is 0 Å². The lowest BCUT2D eigenvalue weighted by Gasteiger charge is -2.03. The second-order valence-corrected chi connectivity index (χ2v) is 3.20. The van der Waals surface area contributed by atoms with Gasteiger partial charge in [0.15, 0.2) is 0 Å².